The molecule has 1 aromatic carbocycles. The third-order valence-electron chi connectivity index (χ3n) is 4.81. The molecule has 2 aliphatic rings. The number of aromatic nitrogens is 2. The van der Waals surface area contributed by atoms with E-state index in [1.807, 2.05) is 0 Å². The fourth-order valence-electron chi connectivity index (χ4n) is 3.55. The molecule has 2 N–H and O–H groups in total. The fraction of sp³-hybridized carbons (Fsp3) is 0.235. The van der Waals surface area contributed by atoms with Crippen molar-refractivity contribution in [2.75, 3.05) is 13.1 Å². The predicted molar refractivity (Wildman–Crippen MR) is 91.5 cm³/mol. The number of esters is 1. The number of halogens is 3. The first-order valence-electron chi connectivity index (χ1n) is 8.13. The Morgan fingerprint density at radius 1 is 1.21 bits per heavy atom. The molecular weight excluding hydrogens is 399 g/mol. The summed E-state index contributed by atoms with van der Waals surface area (Å²) in [5.74, 6) is -6.39. The summed E-state index contributed by atoms with van der Waals surface area (Å²) in [6, 6.07) is 1.04. The van der Waals surface area contributed by atoms with Gasteiger partial charge in [0.15, 0.2) is 17.5 Å². The van der Waals surface area contributed by atoms with E-state index in [1.165, 1.54) is 6.20 Å². The zero-order valence-corrected chi connectivity index (χ0v) is 14.9. The van der Waals surface area contributed by atoms with Crippen molar-refractivity contribution < 1.29 is 31.1 Å². The van der Waals surface area contributed by atoms with E-state index in [-0.39, 0.29) is 17.0 Å². The van der Waals surface area contributed by atoms with Gasteiger partial charge in [0.1, 0.15) is 16.0 Å². The zero-order valence-electron chi connectivity index (χ0n) is 14.1. The highest BCUT2D eigenvalue weighted by Crippen LogP contribution is 2.42. The van der Waals surface area contributed by atoms with Gasteiger partial charge in [0.25, 0.3) is 0 Å². The average molecular weight is 411 g/mol. The third kappa shape index (κ3) is 2.66. The molecule has 1 aliphatic heterocycles. The smallest absolute Gasteiger partial charge is 0.328 e. The molecular formula is C17H12F3N3O4S. The van der Waals surface area contributed by atoms with E-state index >= 15 is 0 Å². The number of benzene rings is 1. The Labute approximate surface area is 157 Å². The minimum Gasteiger partial charge on any atom is -0.425 e. The van der Waals surface area contributed by atoms with Crippen LogP contribution in [-0.4, -0.2) is 42.5 Å². The summed E-state index contributed by atoms with van der Waals surface area (Å²) in [5.41, 5.74) is -0.647. The van der Waals surface area contributed by atoms with Crippen LogP contribution in [0.1, 0.15) is 17.7 Å². The number of carbonyl (C=O) groups excluding carboxylic acids is 1. The number of ether oxygens (including phenoxy) is 1. The van der Waals surface area contributed by atoms with Gasteiger partial charge in [-0.25, -0.2) is 13.2 Å². The summed E-state index contributed by atoms with van der Waals surface area (Å²) >= 11 is 0. The molecule has 0 spiro atoms. The molecule has 2 heterocycles. The molecule has 1 atom stereocenters. The maximum Gasteiger partial charge on any atom is 0.328 e. The lowest BCUT2D eigenvalue weighted by Crippen LogP contribution is -2.55. The number of piperidine rings is 1. The van der Waals surface area contributed by atoms with E-state index in [1.54, 1.807) is 6.08 Å². The molecule has 0 bridgehead atoms. The number of fused-ring (bicyclic) bond motifs is 2. The minimum absolute atomic E-state index is 0.0994. The van der Waals surface area contributed by atoms with Crippen LogP contribution >= 0.6 is 0 Å². The second-order valence-electron chi connectivity index (χ2n) is 6.35. The van der Waals surface area contributed by atoms with Crippen LogP contribution in [0.15, 0.2) is 23.9 Å². The van der Waals surface area contributed by atoms with Crippen LogP contribution in [0, 0.1) is 22.9 Å². The van der Waals surface area contributed by atoms with Crippen LogP contribution in [-0.2, 0) is 15.1 Å². The molecule has 1 aromatic heterocycles. The molecule has 4 rings (SSSR count). The first kappa shape index (κ1) is 18.4. The second-order valence-corrected chi connectivity index (χ2v) is 7.23. The van der Waals surface area contributed by atoms with Gasteiger partial charge in [-0.15, -0.1) is 0 Å². The quantitative estimate of drug-likeness (QED) is 0.334. The Morgan fingerprint density at radius 2 is 1.93 bits per heavy atom. The maximum atomic E-state index is 13.5. The van der Waals surface area contributed by atoms with Crippen LogP contribution in [0.3, 0.4) is 0 Å². The summed E-state index contributed by atoms with van der Waals surface area (Å²) in [5, 5.41) is 9.45. The van der Waals surface area contributed by atoms with E-state index in [9.17, 15) is 26.4 Å². The second kappa shape index (κ2) is 6.60. The Bertz CT molecular complexity index is 1140. The van der Waals surface area contributed by atoms with Crippen LogP contribution < -0.4 is 10.1 Å². The normalized spacial score (nSPS) is 20.8. The number of nitrogens with one attached hydrogen (secondary N) is 2. The molecule has 1 aliphatic carbocycles. The standard InChI is InChI=1S/C17H12F3N3O4S/c18-11-4-9(5-12(19)14(11)20)27-16(24)17-7-21-2-1-8(17)3-13-10(6-22-23-13)15(17)28(25)26/h3-6,21H,1-2,7H2,(H,22,23). The number of nitrogens with zero attached hydrogens (tertiary/aromatic N) is 1. The van der Waals surface area contributed by atoms with Crippen molar-refractivity contribution in [2.24, 2.45) is 5.41 Å². The van der Waals surface area contributed by atoms with Crippen LogP contribution in [0.5, 0.6) is 5.75 Å². The molecule has 28 heavy (non-hydrogen) atoms. The van der Waals surface area contributed by atoms with Crippen molar-refractivity contribution in [2.45, 2.75) is 6.42 Å². The fourth-order valence-corrected chi connectivity index (χ4v) is 4.47. The zero-order chi connectivity index (χ0) is 20.1. The number of hydrogen-bond donors (Lipinski definition) is 2. The molecule has 2 aromatic rings. The highest BCUT2D eigenvalue weighted by atomic mass is 32.2. The minimum atomic E-state index is -2.82. The molecule has 1 unspecified atom stereocenters. The highest BCUT2D eigenvalue weighted by molar-refractivity contribution is 7.73. The molecule has 7 nitrogen and oxygen atoms in total. The van der Waals surface area contributed by atoms with Crippen LogP contribution in [0.25, 0.3) is 6.08 Å². The van der Waals surface area contributed by atoms with Crippen molar-refractivity contribution in [1.29, 1.82) is 0 Å². The average Bonchev–Trinajstić information content (AvgIpc) is 3.10. The van der Waals surface area contributed by atoms with Gasteiger partial charge in [0, 0.05) is 24.2 Å². The highest BCUT2D eigenvalue weighted by Gasteiger charge is 2.53. The first-order chi connectivity index (χ1) is 13.3. The van der Waals surface area contributed by atoms with Gasteiger partial charge in [-0.05, 0) is 24.6 Å². The van der Waals surface area contributed by atoms with E-state index in [2.05, 4.69) is 15.5 Å². The van der Waals surface area contributed by atoms with Crippen molar-refractivity contribution in [3.63, 3.8) is 0 Å². The maximum absolute atomic E-state index is 13.5. The van der Waals surface area contributed by atoms with Gasteiger partial charge < -0.3 is 10.1 Å². The van der Waals surface area contributed by atoms with E-state index < -0.39 is 44.9 Å². The monoisotopic (exact) mass is 411 g/mol. The van der Waals surface area contributed by atoms with Crippen molar-refractivity contribution in [1.82, 2.24) is 15.5 Å². The molecule has 0 radical (unpaired) electrons. The molecule has 0 saturated carbocycles. The first-order valence-corrected chi connectivity index (χ1v) is 9.21. The SMILES string of the molecule is O=C(Oc1cc(F)c(F)c(F)c1)C12CNCCC1=Cc1[nH]ncc1C2=S(=O)=O. The number of aromatic amines is 1. The Balaban J connectivity index is 1.85. The summed E-state index contributed by atoms with van der Waals surface area (Å²) in [6.07, 6.45) is 3.22. The molecule has 11 heteroatoms. The van der Waals surface area contributed by atoms with Crippen molar-refractivity contribution >= 4 is 27.2 Å². The number of H-pyrrole nitrogens is 1. The summed E-state index contributed by atoms with van der Waals surface area (Å²) in [6.45, 7) is 0.390. The number of carbonyl (C=O) groups is 1. The summed E-state index contributed by atoms with van der Waals surface area (Å²) in [7, 11) is -2.82. The summed E-state index contributed by atoms with van der Waals surface area (Å²) in [4.78, 5) is 12.9. The molecule has 0 amide bonds. The van der Waals surface area contributed by atoms with Gasteiger partial charge in [-0.3, -0.25) is 9.89 Å². The molecule has 146 valence electrons. The number of hydrogen-bond acceptors (Lipinski definition) is 6. The van der Waals surface area contributed by atoms with Crippen LogP contribution in [0.4, 0.5) is 13.2 Å². The van der Waals surface area contributed by atoms with Gasteiger partial charge in [0.2, 0.25) is 10.3 Å². The lowest BCUT2D eigenvalue weighted by atomic mass is 9.68. The van der Waals surface area contributed by atoms with Gasteiger partial charge >= 0.3 is 5.97 Å². The van der Waals surface area contributed by atoms with Crippen molar-refractivity contribution in [3.8, 4) is 5.75 Å². The van der Waals surface area contributed by atoms with Gasteiger partial charge in [0.05, 0.1) is 11.9 Å². The lowest BCUT2D eigenvalue weighted by molar-refractivity contribution is -0.140. The number of rotatable bonds is 2. The summed E-state index contributed by atoms with van der Waals surface area (Å²) < 4.78 is 69.4. The van der Waals surface area contributed by atoms with Gasteiger partial charge in [-0.1, -0.05) is 0 Å². The Hall–Kier alpha value is -2.92. The predicted octanol–water partition coefficient (Wildman–Crippen LogP) is 1.21. The topological polar surface area (TPSA) is 101 Å². The largest absolute Gasteiger partial charge is 0.425 e. The van der Waals surface area contributed by atoms with E-state index in [0.29, 0.717) is 36.4 Å². The Kier molecular flexibility index (Phi) is 4.35. The van der Waals surface area contributed by atoms with Crippen LogP contribution in [0.2, 0.25) is 0 Å². The third-order valence-corrected chi connectivity index (χ3v) is 5.71. The van der Waals surface area contributed by atoms with Crippen molar-refractivity contribution in [3.05, 3.63) is 52.6 Å². The molecule has 1 fully saturated rings. The molecule has 1 saturated heterocycles. The lowest BCUT2D eigenvalue weighted by Gasteiger charge is -2.39. The van der Waals surface area contributed by atoms with E-state index in [0.717, 1.165) is 0 Å². The van der Waals surface area contributed by atoms with Gasteiger partial charge in [-0.2, -0.15) is 13.5 Å². The Morgan fingerprint density at radius 3 is 2.61 bits per heavy atom. The van der Waals surface area contributed by atoms with E-state index in [4.69, 9.17) is 4.74 Å².